The Labute approximate surface area is 184 Å². The summed E-state index contributed by atoms with van der Waals surface area (Å²) in [6.07, 6.45) is 4.62. The van der Waals surface area contributed by atoms with E-state index in [1.54, 1.807) is 6.08 Å². The minimum absolute atomic E-state index is 0.112. The van der Waals surface area contributed by atoms with Crippen LogP contribution in [0.25, 0.3) is 17.0 Å². The number of hydrogen-bond acceptors (Lipinski definition) is 8. The van der Waals surface area contributed by atoms with Crippen molar-refractivity contribution >= 4 is 51.7 Å². The summed E-state index contributed by atoms with van der Waals surface area (Å²) < 4.78 is 5.54. The number of esters is 1. The maximum atomic E-state index is 12.4. The van der Waals surface area contributed by atoms with Gasteiger partial charge in [0.1, 0.15) is 17.7 Å². The van der Waals surface area contributed by atoms with Crippen molar-refractivity contribution in [3.63, 3.8) is 0 Å². The number of thioether (sulfide) groups is 1. The number of piperidine rings is 1. The van der Waals surface area contributed by atoms with Gasteiger partial charge in [0.05, 0.1) is 16.3 Å². The molecule has 2 fully saturated rings. The second kappa shape index (κ2) is 8.30. The molecule has 1 aromatic heterocycles. The van der Waals surface area contributed by atoms with Gasteiger partial charge in [-0.1, -0.05) is 6.07 Å². The molecule has 0 bridgehead atoms. The van der Waals surface area contributed by atoms with Crippen molar-refractivity contribution < 1.29 is 19.1 Å². The van der Waals surface area contributed by atoms with E-state index in [-0.39, 0.29) is 23.0 Å². The van der Waals surface area contributed by atoms with E-state index in [0.29, 0.717) is 30.8 Å². The summed E-state index contributed by atoms with van der Waals surface area (Å²) in [5.74, 6) is 0.158. The average Bonchev–Trinajstić information content (AvgIpc) is 3.03. The minimum Gasteiger partial charge on any atom is -0.460 e. The van der Waals surface area contributed by atoms with Crippen molar-refractivity contribution in [3.05, 3.63) is 35.0 Å². The number of rotatable bonds is 3. The van der Waals surface area contributed by atoms with Gasteiger partial charge >= 0.3 is 5.97 Å². The van der Waals surface area contributed by atoms with Gasteiger partial charge in [-0.05, 0) is 69.1 Å². The Morgan fingerprint density at radius 3 is 2.61 bits per heavy atom. The van der Waals surface area contributed by atoms with Crippen LogP contribution in [0.15, 0.2) is 29.4 Å². The lowest BCUT2D eigenvalue weighted by molar-refractivity contribution is -0.160. The molecule has 2 aliphatic rings. The Hall–Kier alpha value is -2.94. The fourth-order valence-electron chi connectivity index (χ4n) is 3.69. The number of benzene rings is 1. The van der Waals surface area contributed by atoms with Gasteiger partial charge < -0.3 is 9.64 Å². The van der Waals surface area contributed by atoms with E-state index in [1.807, 2.05) is 39.0 Å². The largest absolute Gasteiger partial charge is 0.460 e. The predicted molar refractivity (Wildman–Crippen MR) is 119 cm³/mol. The number of carbonyl (C=O) groups is 3. The highest BCUT2D eigenvalue weighted by atomic mass is 32.2. The predicted octanol–water partition coefficient (Wildman–Crippen LogP) is 3.51. The van der Waals surface area contributed by atoms with E-state index >= 15 is 0 Å². The average molecular weight is 441 g/mol. The summed E-state index contributed by atoms with van der Waals surface area (Å²) in [4.78, 5) is 47.0. The van der Waals surface area contributed by atoms with Crippen LogP contribution >= 0.6 is 11.8 Å². The number of anilines is 1. The molecule has 2 amide bonds. The Balaban J connectivity index is 1.55. The summed E-state index contributed by atoms with van der Waals surface area (Å²) in [6.45, 7) is 7.01. The third-order valence-corrected chi connectivity index (χ3v) is 5.92. The van der Waals surface area contributed by atoms with E-state index in [1.165, 1.54) is 6.33 Å². The molecule has 0 aliphatic carbocycles. The lowest BCUT2D eigenvalue weighted by Gasteiger charge is -2.33. The molecule has 2 aromatic rings. The first-order chi connectivity index (χ1) is 14.7. The number of nitrogens with zero attached hydrogens (tertiary/aromatic N) is 3. The minimum atomic E-state index is -0.485. The zero-order valence-electron chi connectivity index (χ0n) is 17.7. The van der Waals surface area contributed by atoms with Gasteiger partial charge in [-0.2, -0.15) is 0 Å². The molecule has 2 saturated heterocycles. The first kappa shape index (κ1) is 21.3. The lowest BCUT2D eigenvalue weighted by atomic mass is 9.96. The van der Waals surface area contributed by atoms with Gasteiger partial charge in [-0.25, -0.2) is 9.97 Å². The Morgan fingerprint density at radius 2 is 1.97 bits per heavy atom. The van der Waals surface area contributed by atoms with Crippen LogP contribution < -0.4 is 10.2 Å². The number of ether oxygens (including phenoxy) is 1. The first-order valence-electron chi connectivity index (χ1n) is 10.2. The first-order valence-corrected chi connectivity index (χ1v) is 11.0. The van der Waals surface area contributed by atoms with Crippen molar-refractivity contribution in [2.45, 2.75) is 39.2 Å². The zero-order chi connectivity index (χ0) is 22.2. The molecule has 0 saturated carbocycles. The highest BCUT2D eigenvalue weighted by Crippen LogP contribution is 2.31. The molecular formula is C22H24N4O4S. The van der Waals surface area contributed by atoms with E-state index in [9.17, 15) is 14.4 Å². The molecule has 0 spiro atoms. The Bertz CT molecular complexity index is 1080. The Kier molecular flexibility index (Phi) is 5.70. The van der Waals surface area contributed by atoms with Gasteiger partial charge in [0.15, 0.2) is 0 Å². The third kappa shape index (κ3) is 4.87. The molecule has 4 rings (SSSR count). The smallest absolute Gasteiger partial charge is 0.309 e. The van der Waals surface area contributed by atoms with Crippen molar-refractivity contribution in [2.75, 3.05) is 18.0 Å². The monoisotopic (exact) mass is 440 g/mol. The van der Waals surface area contributed by atoms with Gasteiger partial charge in [-0.15, -0.1) is 0 Å². The molecule has 0 unspecified atom stereocenters. The van der Waals surface area contributed by atoms with E-state index < -0.39 is 5.60 Å². The second-order valence-electron chi connectivity index (χ2n) is 8.62. The molecule has 162 valence electrons. The molecule has 1 aromatic carbocycles. The van der Waals surface area contributed by atoms with Crippen LogP contribution in [0.3, 0.4) is 0 Å². The van der Waals surface area contributed by atoms with Gasteiger partial charge in [-0.3, -0.25) is 19.7 Å². The SMILES string of the molecule is CC(C)(C)OC(=O)C1CCN(c2ncnc3ccc(C=C4SC(=O)NC4=O)cc23)CC1. The molecule has 8 nitrogen and oxygen atoms in total. The fraction of sp³-hybridized carbons (Fsp3) is 0.409. The Morgan fingerprint density at radius 1 is 1.23 bits per heavy atom. The molecule has 9 heteroatoms. The summed E-state index contributed by atoms with van der Waals surface area (Å²) >= 11 is 0.889. The van der Waals surface area contributed by atoms with Crippen LogP contribution in [-0.2, 0) is 14.3 Å². The summed E-state index contributed by atoms with van der Waals surface area (Å²) in [6, 6.07) is 5.66. The molecule has 2 aliphatic heterocycles. The number of amides is 2. The molecule has 0 radical (unpaired) electrons. The summed E-state index contributed by atoms with van der Waals surface area (Å²) in [5.41, 5.74) is 1.10. The highest BCUT2D eigenvalue weighted by Gasteiger charge is 2.30. The zero-order valence-corrected chi connectivity index (χ0v) is 18.5. The molecular weight excluding hydrogens is 416 g/mol. The van der Waals surface area contributed by atoms with E-state index in [0.717, 1.165) is 34.0 Å². The van der Waals surface area contributed by atoms with Crippen molar-refractivity contribution in [1.29, 1.82) is 0 Å². The lowest BCUT2D eigenvalue weighted by Crippen LogP contribution is -2.39. The summed E-state index contributed by atoms with van der Waals surface area (Å²) in [5, 5.41) is 2.76. The second-order valence-corrected chi connectivity index (χ2v) is 9.64. The van der Waals surface area contributed by atoms with Crippen LogP contribution in [-0.4, -0.2) is 45.8 Å². The molecule has 0 atom stereocenters. The number of imide groups is 1. The van der Waals surface area contributed by atoms with Crippen LogP contribution in [0.5, 0.6) is 0 Å². The van der Waals surface area contributed by atoms with Gasteiger partial charge in [0.25, 0.3) is 11.1 Å². The van der Waals surface area contributed by atoms with Crippen LogP contribution in [0.2, 0.25) is 0 Å². The van der Waals surface area contributed by atoms with Crippen molar-refractivity contribution in [2.24, 2.45) is 5.92 Å². The number of carbonyl (C=O) groups excluding carboxylic acids is 3. The van der Waals surface area contributed by atoms with E-state index in [4.69, 9.17) is 4.74 Å². The topological polar surface area (TPSA) is 101 Å². The van der Waals surface area contributed by atoms with Crippen molar-refractivity contribution in [1.82, 2.24) is 15.3 Å². The summed E-state index contributed by atoms with van der Waals surface area (Å²) in [7, 11) is 0. The number of fused-ring (bicyclic) bond motifs is 1. The number of nitrogens with one attached hydrogen (secondary N) is 1. The van der Waals surface area contributed by atoms with Crippen LogP contribution in [0, 0.1) is 5.92 Å². The van der Waals surface area contributed by atoms with Gasteiger partial charge in [0.2, 0.25) is 0 Å². The third-order valence-electron chi connectivity index (χ3n) is 5.11. The standard InChI is InChI=1S/C22H24N4O4S/c1-22(2,3)30-20(28)14-6-8-26(9-7-14)18-15-10-13(4-5-16(15)23-12-24-18)11-17-19(27)25-21(29)31-17/h4-5,10-12,14H,6-9H2,1-3H3,(H,25,27,29). The van der Waals surface area contributed by atoms with Crippen LogP contribution in [0.1, 0.15) is 39.2 Å². The normalized spacial score (nSPS) is 19.2. The highest BCUT2D eigenvalue weighted by molar-refractivity contribution is 8.18. The van der Waals surface area contributed by atoms with Crippen LogP contribution in [0.4, 0.5) is 10.6 Å². The number of aromatic nitrogens is 2. The molecule has 31 heavy (non-hydrogen) atoms. The van der Waals surface area contributed by atoms with Crippen molar-refractivity contribution in [3.8, 4) is 0 Å². The molecule has 1 N–H and O–H groups in total. The fourth-order valence-corrected chi connectivity index (χ4v) is 4.37. The number of hydrogen-bond donors (Lipinski definition) is 1. The maximum Gasteiger partial charge on any atom is 0.309 e. The quantitative estimate of drug-likeness (QED) is 0.572. The molecule has 3 heterocycles. The van der Waals surface area contributed by atoms with Gasteiger partial charge in [0, 0.05) is 18.5 Å². The van der Waals surface area contributed by atoms with E-state index in [2.05, 4.69) is 20.2 Å². The maximum absolute atomic E-state index is 12.4.